The van der Waals surface area contributed by atoms with Gasteiger partial charge in [-0.3, -0.25) is 14.4 Å². The maximum absolute atomic E-state index is 12.9. The first-order chi connectivity index (χ1) is 36.0. The highest BCUT2D eigenvalue weighted by molar-refractivity contribution is 5.71. The smallest absolute Gasteiger partial charge is 0.306 e. The van der Waals surface area contributed by atoms with Gasteiger partial charge in [0.05, 0.1) is 0 Å². The fraction of sp³-hybridized carbons (Fsp3) is 0.955. The monoisotopic (exact) mass is 1030 g/mol. The Balaban J connectivity index is 4.09. The molecule has 1 atom stereocenters. The number of hydrogen-bond acceptors (Lipinski definition) is 6. The molecular weight excluding hydrogens is 901 g/mol. The molecule has 0 rings (SSSR count). The second kappa shape index (κ2) is 62.9. The van der Waals surface area contributed by atoms with E-state index in [0.29, 0.717) is 19.3 Å². The van der Waals surface area contributed by atoms with E-state index in [1.165, 1.54) is 295 Å². The summed E-state index contributed by atoms with van der Waals surface area (Å²) >= 11 is 0. The normalized spacial score (nSPS) is 11.9. The van der Waals surface area contributed by atoms with E-state index < -0.39 is 6.10 Å². The van der Waals surface area contributed by atoms with Gasteiger partial charge in [-0.1, -0.05) is 355 Å². The zero-order valence-electron chi connectivity index (χ0n) is 50.0. The van der Waals surface area contributed by atoms with E-state index in [2.05, 4.69) is 20.8 Å². The van der Waals surface area contributed by atoms with Gasteiger partial charge in [0.15, 0.2) is 6.10 Å². The van der Waals surface area contributed by atoms with Crippen molar-refractivity contribution >= 4 is 17.9 Å². The third kappa shape index (κ3) is 61.1. The summed E-state index contributed by atoms with van der Waals surface area (Å²) in [6, 6.07) is 0. The van der Waals surface area contributed by atoms with Crippen LogP contribution in [0.5, 0.6) is 0 Å². The van der Waals surface area contributed by atoms with Crippen LogP contribution < -0.4 is 0 Å². The fourth-order valence-corrected chi connectivity index (χ4v) is 10.6. The molecule has 0 aliphatic rings. The van der Waals surface area contributed by atoms with Gasteiger partial charge in [0, 0.05) is 19.3 Å². The average molecular weight is 1030 g/mol. The quantitative estimate of drug-likeness (QED) is 0.0343. The minimum Gasteiger partial charge on any atom is -0.462 e. The van der Waals surface area contributed by atoms with Gasteiger partial charge < -0.3 is 14.2 Å². The largest absolute Gasteiger partial charge is 0.462 e. The van der Waals surface area contributed by atoms with Crippen molar-refractivity contribution < 1.29 is 28.6 Å². The molecular formula is C67H130O6. The van der Waals surface area contributed by atoms with Crippen molar-refractivity contribution in [3.8, 4) is 0 Å². The minimum atomic E-state index is -0.762. The van der Waals surface area contributed by atoms with Crippen LogP contribution >= 0.6 is 0 Å². The molecule has 6 heteroatoms. The molecule has 0 fully saturated rings. The predicted octanol–water partition coefficient (Wildman–Crippen LogP) is 22.7. The molecule has 0 N–H and O–H groups in total. The van der Waals surface area contributed by atoms with Gasteiger partial charge in [0.25, 0.3) is 0 Å². The fourth-order valence-electron chi connectivity index (χ4n) is 10.6. The first-order valence-electron chi connectivity index (χ1n) is 33.5. The molecule has 0 aliphatic heterocycles. The van der Waals surface area contributed by atoms with Gasteiger partial charge in [-0.2, -0.15) is 0 Å². The Morgan fingerprint density at radius 3 is 0.548 bits per heavy atom. The molecule has 0 radical (unpaired) electrons. The summed E-state index contributed by atoms with van der Waals surface area (Å²) in [5.41, 5.74) is 0. The van der Waals surface area contributed by atoms with Crippen molar-refractivity contribution in [2.24, 2.45) is 0 Å². The van der Waals surface area contributed by atoms with Crippen molar-refractivity contribution in [3.05, 3.63) is 0 Å². The lowest BCUT2D eigenvalue weighted by molar-refractivity contribution is -0.167. The van der Waals surface area contributed by atoms with Gasteiger partial charge in [-0.15, -0.1) is 0 Å². The number of ether oxygens (including phenoxy) is 3. The molecule has 1 unspecified atom stereocenters. The molecule has 0 amide bonds. The Morgan fingerprint density at radius 1 is 0.219 bits per heavy atom. The third-order valence-electron chi connectivity index (χ3n) is 15.6. The molecule has 73 heavy (non-hydrogen) atoms. The first-order valence-corrected chi connectivity index (χ1v) is 33.5. The van der Waals surface area contributed by atoms with E-state index in [9.17, 15) is 14.4 Å². The highest BCUT2D eigenvalue weighted by Gasteiger charge is 2.19. The van der Waals surface area contributed by atoms with Crippen LogP contribution in [0.25, 0.3) is 0 Å². The first kappa shape index (κ1) is 71.4. The lowest BCUT2D eigenvalue weighted by Gasteiger charge is -2.18. The summed E-state index contributed by atoms with van der Waals surface area (Å²) in [5.74, 6) is -0.829. The van der Waals surface area contributed by atoms with Crippen LogP contribution in [0.3, 0.4) is 0 Å². The van der Waals surface area contributed by atoms with Gasteiger partial charge in [-0.05, 0) is 19.3 Å². The lowest BCUT2D eigenvalue weighted by atomic mass is 10.0. The maximum atomic E-state index is 12.9. The lowest BCUT2D eigenvalue weighted by Crippen LogP contribution is -2.30. The Kier molecular flexibility index (Phi) is 61.6. The van der Waals surface area contributed by atoms with Crippen molar-refractivity contribution in [2.45, 2.75) is 399 Å². The van der Waals surface area contributed by atoms with Crippen molar-refractivity contribution in [2.75, 3.05) is 13.2 Å². The van der Waals surface area contributed by atoms with E-state index >= 15 is 0 Å². The van der Waals surface area contributed by atoms with Crippen LogP contribution in [0, 0.1) is 0 Å². The van der Waals surface area contributed by atoms with Crippen molar-refractivity contribution in [1.82, 2.24) is 0 Å². The van der Waals surface area contributed by atoms with E-state index in [1.54, 1.807) is 0 Å². The van der Waals surface area contributed by atoms with Crippen LogP contribution in [-0.4, -0.2) is 37.2 Å². The molecule has 6 nitrogen and oxygen atoms in total. The molecule has 0 bridgehead atoms. The van der Waals surface area contributed by atoms with Gasteiger partial charge in [0.1, 0.15) is 13.2 Å². The van der Waals surface area contributed by atoms with Crippen molar-refractivity contribution in [3.63, 3.8) is 0 Å². The van der Waals surface area contributed by atoms with Gasteiger partial charge in [0.2, 0.25) is 0 Å². The predicted molar refractivity (Wildman–Crippen MR) is 317 cm³/mol. The number of unbranched alkanes of at least 4 members (excludes halogenated alkanes) is 52. The number of rotatable bonds is 63. The molecule has 0 aliphatic carbocycles. The molecule has 0 saturated heterocycles. The summed E-state index contributed by atoms with van der Waals surface area (Å²) < 4.78 is 16.9. The highest BCUT2D eigenvalue weighted by Crippen LogP contribution is 2.19. The molecule has 0 spiro atoms. The summed E-state index contributed by atoms with van der Waals surface area (Å²) in [6.45, 7) is 6.71. The number of esters is 3. The standard InChI is InChI=1S/C67H130O6/c1-4-7-10-13-16-19-21-23-25-27-29-31-32-33-34-35-36-38-39-41-43-45-48-51-54-57-60-66(69)72-63-64(62-71-65(68)59-56-53-50-47-18-15-12-9-6-3)73-67(70)61-58-55-52-49-46-44-42-40-37-30-28-26-24-22-20-17-14-11-8-5-2/h64H,4-63H2,1-3H3. The van der Waals surface area contributed by atoms with E-state index in [4.69, 9.17) is 14.2 Å². The Bertz CT molecular complexity index is 1090. The van der Waals surface area contributed by atoms with E-state index in [0.717, 1.165) is 57.8 Å². The second-order valence-electron chi connectivity index (χ2n) is 23.1. The van der Waals surface area contributed by atoms with E-state index in [1.807, 2.05) is 0 Å². The average Bonchev–Trinajstić information content (AvgIpc) is 3.39. The van der Waals surface area contributed by atoms with Crippen LogP contribution in [0.1, 0.15) is 393 Å². The van der Waals surface area contributed by atoms with Gasteiger partial charge >= 0.3 is 17.9 Å². The SMILES string of the molecule is CCCCCCCCCCCCCCCCCCCCCCCCCCCCC(=O)OCC(COC(=O)CCCCCCCCCCC)OC(=O)CCCCCCCCCCCCCCCCCCCCCC. The van der Waals surface area contributed by atoms with Crippen LogP contribution in [0.15, 0.2) is 0 Å². The number of carbonyl (C=O) groups is 3. The van der Waals surface area contributed by atoms with E-state index in [-0.39, 0.29) is 31.1 Å². The second-order valence-corrected chi connectivity index (χ2v) is 23.1. The molecule has 434 valence electrons. The number of hydrogen-bond donors (Lipinski definition) is 0. The Labute approximate surface area is 457 Å². The topological polar surface area (TPSA) is 78.9 Å². The summed E-state index contributed by atoms with van der Waals surface area (Å²) in [4.78, 5) is 38.2. The molecule has 0 aromatic carbocycles. The summed E-state index contributed by atoms with van der Waals surface area (Å²) in [5, 5.41) is 0. The molecule has 0 heterocycles. The Hall–Kier alpha value is -1.59. The molecule has 0 aromatic rings. The zero-order valence-corrected chi connectivity index (χ0v) is 50.0. The summed E-state index contributed by atoms with van der Waals surface area (Å²) in [7, 11) is 0. The summed E-state index contributed by atoms with van der Waals surface area (Å²) in [6.07, 6.45) is 72.8. The van der Waals surface area contributed by atoms with Crippen molar-refractivity contribution in [1.29, 1.82) is 0 Å². The molecule has 0 aromatic heterocycles. The molecule has 0 saturated carbocycles. The van der Waals surface area contributed by atoms with Crippen LogP contribution in [0.4, 0.5) is 0 Å². The maximum Gasteiger partial charge on any atom is 0.306 e. The van der Waals surface area contributed by atoms with Gasteiger partial charge in [-0.25, -0.2) is 0 Å². The number of carbonyl (C=O) groups excluding carboxylic acids is 3. The minimum absolute atomic E-state index is 0.0609. The third-order valence-corrected chi connectivity index (χ3v) is 15.6. The zero-order chi connectivity index (χ0) is 52.9. The Morgan fingerprint density at radius 2 is 0.370 bits per heavy atom. The highest BCUT2D eigenvalue weighted by atomic mass is 16.6. The van der Waals surface area contributed by atoms with Crippen LogP contribution in [0.2, 0.25) is 0 Å². The van der Waals surface area contributed by atoms with Crippen LogP contribution in [-0.2, 0) is 28.6 Å².